The number of rotatable bonds is 12. The minimum Gasteiger partial charge on any atom is -0.370 e. The van der Waals surface area contributed by atoms with Gasteiger partial charge in [-0.2, -0.15) is 0 Å². The highest BCUT2D eigenvalue weighted by Crippen LogP contribution is 2.11. The van der Waals surface area contributed by atoms with Crippen molar-refractivity contribution in [2.24, 2.45) is 5.73 Å². The maximum atomic E-state index is 10.5. The molecule has 0 spiro atoms. The molecule has 0 aliphatic carbocycles. The second kappa shape index (κ2) is 18.6. The highest BCUT2D eigenvalue weighted by Gasteiger charge is 1.95. The summed E-state index contributed by atoms with van der Waals surface area (Å²) in [7, 11) is 0. The van der Waals surface area contributed by atoms with Gasteiger partial charge >= 0.3 is 0 Å². The number of amides is 1. The van der Waals surface area contributed by atoms with E-state index in [-0.39, 0.29) is 5.91 Å². The third-order valence-corrected chi connectivity index (χ3v) is 3.03. The molecule has 1 amide bonds. The lowest BCUT2D eigenvalue weighted by Gasteiger charge is -2.01. The average Bonchev–Trinajstić information content (AvgIpc) is 2.38. The number of hydrogen-bond donors (Lipinski definition) is 1. The van der Waals surface area contributed by atoms with Crippen molar-refractivity contribution in [1.29, 1.82) is 0 Å². The van der Waals surface area contributed by atoms with Crippen molar-refractivity contribution >= 4 is 5.91 Å². The summed E-state index contributed by atoms with van der Waals surface area (Å²) in [5.74, 6) is -0.157. The molecular formula is C16H33NO. The van der Waals surface area contributed by atoms with Crippen LogP contribution in [0, 0.1) is 0 Å². The maximum Gasteiger partial charge on any atom is 0.217 e. The van der Waals surface area contributed by atoms with Crippen LogP contribution in [-0.4, -0.2) is 5.91 Å². The van der Waals surface area contributed by atoms with Gasteiger partial charge in [-0.3, -0.25) is 4.79 Å². The predicted octanol–water partition coefficient (Wildman–Crippen LogP) is 4.98. The van der Waals surface area contributed by atoms with E-state index in [4.69, 9.17) is 5.73 Å². The molecule has 0 aliphatic heterocycles. The largest absolute Gasteiger partial charge is 0.370 e. The fourth-order valence-electron chi connectivity index (χ4n) is 1.96. The molecule has 0 unspecified atom stereocenters. The summed E-state index contributed by atoms with van der Waals surface area (Å²) in [6, 6.07) is 0. The molecule has 2 N–H and O–H groups in total. The summed E-state index contributed by atoms with van der Waals surface area (Å²) in [6.07, 6.45) is 15.0. The van der Waals surface area contributed by atoms with Crippen LogP contribution in [0.4, 0.5) is 0 Å². The Balaban J connectivity index is 0. The van der Waals surface area contributed by atoms with E-state index in [9.17, 15) is 4.79 Å². The van der Waals surface area contributed by atoms with Crippen molar-refractivity contribution in [3.05, 3.63) is 13.2 Å². The average molecular weight is 255 g/mol. The first kappa shape index (κ1) is 19.5. The molecule has 0 aliphatic rings. The first-order valence-corrected chi connectivity index (χ1v) is 7.55. The lowest BCUT2D eigenvalue weighted by Crippen LogP contribution is -2.09. The summed E-state index contributed by atoms with van der Waals surface area (Å²) in [5.41, 5.74) is 5.07. The minimum atomic E-state index is -0.157. The third kappa shape index (κ3) is 20.6. The topological polar surface area (TPSA) is 43.1 Å². The number of carbonyl (C=O) groups is 1. The van der Waals surface area contributed by atoms with E-state index in [0.29, 0.717) is 6.42 Å². The van der Waals surface area contributed by atoms with Gasteiger partial charge in [-0.05, 0) is 6.42 Å². The van der Waals surface area contributed by atoms with Crippen molar-refractivity contribution in [2.75, 3.05) is 0 Å². The molecule has 0 heterocycles. The van der Waals surface area contributed by atoms with E-state index in [1.165, 1.54) is 64.2 Å². The molecule has 0 aromatic rings. The summed E-state index contributed by atoms with van der Waals surface area (Å²) in [4.78, 5) is 10.5. The van der Waals surface area contributed by atoms with Gasteiger partial charge < -0.3 is 5.73 Å². The van der Waals surface area contributed by atoms with Crippen LogP contribution in [0.3, 0.4) is 0 Å². The summed E-state index contributed by atoms with van der Waals surface area (Å²) >= 11 is 0. The summed E-state index contributed by atoms with van der Waals surface area (Å²) in [5, 5.41) is 0. The Morgan fingerprint density at radius 1 is 0.778 bits per heavy atom. The Hall–Kier alpha value is -0.790. The van der Waals surface area contributed by atoms with Gasteiger partial charge in [0.1, 0.15) is 0 Å². The van der Waals surface area contributed by atoms with Gasteiger partial charge in [0.05, 0.1) is 0 Å². The Morgan fingerprint density at radius 3 is 1.44 bits per heavy atom. The highest BCUT2D eigenvalue weighted by molar-refractivity contribution is 5.73. The number of unbranched alkanes of at least 4 members (excludes halogenated alkanes) is 10. The van der Waals surface area contributed by atoms with Gasteiger partial charge in [0, 0.05) is 6.42 Å². The molecule has 0 aromatic carbocycles. The maximum absolute atomic E-state index is 10.5. The molecule has 108 valence electrons. The van der Waals surface area contributed by atoms with Gasteiger partial charge in [-0.25, -0.2) is 0 Å². The Kier molecular flexibility index (Phi) is 20.2. The normalized spacial score (nSPS) is 9.61. The van der Waals surface area contributed by atoms with Gasteiger partial charge in [-0.15, -0.1) is 13.2 Å². The molecular weight excluding hydrogens is 222 g/mol. The van der Waals surface area contributed by atoms with Crippen molar-refractivity contribution in [1.82, 2.24) is 0 Å². The minimum absolute atomic E-state index is 0.157. The molecule has 0 saturated carbocycles. The quantitative estimate of drug-likeness (QED) is 0.388. The fourth-order valence-corrected chi connectivity index (χ4v) is 1.96. The zero-order chi connectivity index (χ0) is 14.1. The number of primary amides is 1. The van der Waals surface area contributed by atoms with Crippen LogP contribution in [0.15, 0.2) is 13.2 Å². The molecule has 0 saturated heterocycles. The predicted molar refractivity (Wildman–Crippen MR) is 81.5 cm³/mol. The third-order valence-electron chi connectivity index (χ3n) is 3.03. The van der Waals surface area contributed by atoms with Gasteiger partial charge in [0.25, 0.3) is 0 Å². The van der Waals surface area contributed by atoms with Crippen LogP contribution in [0.2, 0.25) is 0 Å². The van der Waals surface area contributed by atoms with E-state index >= 15 is 0 Å². The van der Waals surface area contributed by atoms with Gasteiger partial charge in [0.2, 0.25) is 5.91 Å². The lowest BCUT2D eigenvalue weighted by molar-refractivity contribution is -0.118. The van der Waals surface area contributed by atoms with Crippen LogP contribution in [-0.2, 0) is 4.79 Å². The molecule has 2 heteroatoms. The van der Waals surface area contributed by atoms with Crippen LogP contribution < -0.4 is 5.73 Å². The molecule has 0 fully saturated rings. The molecule has 2 nitrogen and oxygen atoms in total. The molecule has 0 radical (unpaired) electrons. The van der Waals surface area contributed by atoms with Crippen LogP contribution in [0.1, 0.15) is 84.0 Å². The Labute approximate surface area is 114 Å². The summed E-state index contributed by atoms with van der Waals surface area (Å²) < 4.78 is 0. The zero-order valence-corrected chi connectivity index (χ0v) is 12.4. The van der Waals surface area contributed by atoms with Crippen LogP contribution >= 0.6 is 0 Å². The van der Waals surface area contributed by atoms with Crippen LogP contribution in [0.25, 0.3) is 0 Å². The van der Waals surface area contributed by atoms with Crippen molar-refractivity contribution in [3.63, 3.8) is 0 Å². The zero-order valence-electron chi connectivity index (χ0n) is 12.4. The number of carbonyl (C=O) groups excluding carboxylic acids is 1. The lowest BCUT2D eigenvalue weighted by atomic mass is 10.1. The first-order valence-electron chi connectivity index (χ1n) is 7.55. The molecule has 18 heavy (non-hydrogen) atoms. The van der Waals surface area contributed by atoms with E-state index in [1.807, 2.05) is 0 Å². The smallest absolute Gasteiger partial charge is 0.217 e. The SMILES string of the molecule is C=C.CCCCCCCCCCCCCC(N)=O. The molecule has 0 aromatic heterocycles. The van der Waals surface area contributed by atoms with Crippen molar-refractivity contribution in [2.45, 2.75) is 84.0 Å². The van der Waals surface area contributed by atoms with E-state index < -0.39 is 0 Å². The highest BCUT2D eigenvalue weighted by atomic mass is 16.1. The monoisotopic (exact) mass is 255 g/mol. The summed E-state index contributed by atoms with van der Waals surface area (Å²) in [6.45, 7) is 8.26. The van der Waals surface area contributed by atoms with Crippen molar-refractivity contribution in [3.8, 4) is 0 Å². The van der Waals surface area contributed by atoms with Crippen molar-refractivity contribution < 1.29 is 4.79 Å². The number of nitrogens with two attached hydrogens (primary N) is 1. The molecule has 0 bridgehead atoms. The van der Waals surface area contributed by atoms with Gasteiger partial charge in [-0.1, -0.05) is 71.1 Å². The van der Waals surface area contributed by atoms with E-state index in [1.54, 1.807) is 0 Å². The second-order valence-corrected chi connectivity index (χ2v) is 4.75. The number of hydrogen-bond acceptors (Lipinski definition) is 1. The van der Waals surface area contributed by atoms with E-state index in [2.05, 4.69) is 20.1 Å². The van der Waals surface area contributed by atoms with Gasteiger partial charge in [0.15, 0.2) is 0 Å². The molecule has 0 rings (SSSR count). The Bertz CT molecular complexity index is 168. The standard InChI is InChI=1S/C14H29NO.C2H4/c1-2-3-4-5-6-7-8-9-10-11-12-13-14(15)16;1-2/h2-13H2,1H3,(H2,15,16);1-2H2. The Morgan fingerprint density at radius 2 is 1.11 bits per heavy atom. The van der Waals surface area contributed by atoms with Crippen LogP contribution in [0.5, 0.6) is 0 Å². The first-order chi connectivity index (χ1) is 8.77. The second-order valence-electron chi connectivity index (χ2n) is 4.75. The molecule has 0 atom stereocenters. The van der Waals surface area contributed by atoms with E-state index in [0.717, 1.165) is 6.42 Å². The fraction of sp³-hybridized carbons (Fsp3) is 0.812.